The van der Waals surface area contributed by atoms with Gasteiger partial charge in [-0.25, -0.2) is 0 Å². The van der Waals surface area contributed by atoms with Gasteiger partial charge in [0.05, 0.1) is 11.2 Å². The molecule has 1 aromatic carbocycles. The van der Waals surface area contributed by atoms with E-state index in [0.717, 1.165) is 13.0 Å². The second-order valence-electron chi connectivity index (χ2n) is 5.46. The van der Waals surface area contributed by atoms with Gasteiger partial charge in [0.15, 0.2) is 5.76 Å². The van der Waals surface area contributed by atoms with Crippen LogP contribution in [0.3, 0.4) is 0 Å². The van der Waals surface area contributed by atoms with Crippen molar-refractivity contribution < 1.29 is 17.6 Å². The molecule has 0 unspecified atom stereocenters. The molecular weight excluding hydrogens is 330 g/mol. The van der Waals surface area contributed by atoms with Gasteiger partial charge in [0.1, 0.15) is 5.84 Å². The Balaban J connectivity index is 1.75. The molecule has 1 saturated heterocycles. The molecular formula is C16H17N3O4S. The number of amidine groups is 1. The minimum atomic E-state index is -3.75. The molecule has 3 rings (SSSR count). The van der Waals surface area contributed by atoms with E-state index in [0.29, 0.717) is 17.9 Å². The van der Waals surface area contributed by atoms with Crippen LogP contribution in [-0.2, 0) is 10.0 Å². The molecule has 1 amide bonds. The van der Waals surface area contributed by atoms with Crippen molar-refractivity contribution in [1.29, 1.82) is 0 Å². The summed E-state index contributed by atoms with van der Waals surface area (Å²) in [6.45, 7) is 0.812. The topological polar surface area (TPSA) is 92.0 Å². The summed E-state index contributed by atoms with van der Waals surface area (Å²) in [5, 5.41) is 2.63. The Labute approximate surface area is 140 Å². The molecule has 0 spiro atoms. The third kappa shape index (κ3) is 3.48. The Morgan fingerprint density at radius 1 is 1.25 bits per heavy atom. The van der Waals surface area contributed by atoms with E-state index >= 15 is 0 Å². The monoisotopic (exact) mass is 347 g/mol. The molecule has 7 nitrogen and oxygen atoms in total. The zero-order valence-corrected chi connectivity index (χ0v) is 13.9. The third-order valence-corrected chi connectivity index (χ3v) is 5.03. The first-order chi connectivity index (χ1) is 11.5. The van der Waals surface area contributed by atoms with Crippen LogP contribution >= 0.6 is 0 Å². The molecule has 1 aliphatic heterocycles. The maximum absolute atomic E-state index is 12.3. The fraction of sp³-hybridized carbons (Fsp3) is 0.250. The molecule has 24 heavy (non-hydrogen) atoms. The predicted octanol–water partition coefficient (Wildman–Crippen LogP) is 2.34. The Hall–Kier alpha value is -2.61. The van der Waals surface area contributed by atoms with E-state index < -0.39 is 15.9 Å². The van der Waals surface area contributed by atoms with Gasteiger partial charge in [0.25, 0.3) is 15.9 Å². The molecule has 0 saturated carbocycles. The number of nitrogens with zero attached hydrogens (tertiary/aromatic N) is 2. The number of carbonyl (C=O) groups excluding carboxylic acids is 1. The maximum Gasteiger partial charge on any atom is 0.291 e. The molecule has 1 fully saturated rings. The lowest BCUT2D eigenvalue weighted by Gasteiger charge is -2.11. The lowest BCUT2D eigenvalue weighted by Crippen LogP contribution is -2.20. The number of sulfonamides is 1. The van der Waals surface area contributed by atoms with Crippen molar-refractivity contribution in [2.75, 3.05) is 18.9 Å². The van der Waals surface area contributed by atoms with Gasteiger partial charge in [-0.15, -0.1) is 4.40 Å². The number of hydrogen-bond donors (Lipinski definition) is 1. The molecule has 126 valence electrons. The second kappa shape index (κ2) is 6.48. The highest BCUT2D eigenvalue weighted by atomic mass is 32.2. The number of furan rings is 1. The van der Waals surface area contributed by atoms with Crippen LogP contribution in [0.1, 0.15) is 23.4 Å². The van der Waals surface area contributed by atoms with E-state index in [9.17, 15) is 13.2 Å². The van der Waals surface area contributed by atoms with Gasteiger partial charge in [-0.05, 0) is 42.8 Å². The quantitative estimate of drug-likeness (QED) is 0.916. The predicted molar refractivity (Wildman–Crippen MR) is 89.6 cm³/mol. The number of benzene rings is 1. The van der Waals surface area contributed by atoms with Crippen molar-refractivity contribution in [3.8, 4) is 0 Å². The fourth-order valence-electron chi connectivity index (χ4n) is 2.41. The summed E-state index contributed by atoms with van der Waals surface area (Å²) < 4.78 is 33.6. The number of hydrogen-bond acceptors (Lipinski definition) is 4. The van der Waals surface area contributed by atoms with E-state index in [4.69, 9.17) is 4.42 Å². The summed E-state index contributed by atoms with van der Waals surface area (Å²) >= 11 is 0. The molecule has 2 aromatic rings. The van der Waals surface area contributed by atoms with Crippen molar-refractivity contribution >= 4 is 27.5 Å². The third-order valence-electron chi connectivity index (χ3n) is 3.72. The Morgan fingerprint density at radius 3 is 2.58 bits per heavy atom. The fourth-order valence-corrected chi connectivity index (χ4v) is 3.51. The Morgan fingerprint density at radius 2 is 2.00 bits per heavy atom. The SMILES string of the molecule is CN1CCC/C1=N/S(=O)(=O)c1ccc(NC(=O)c2ccco2)cc1. The van der Waals surface area contributed by atoms with Gasteiger partial charge < -0.3 is 14.6 Å². The van der Waals surface area contributed by atoms with E-state index in [1.54, 1.807) is 12.1 Å². The average Bonchev–Trinajstić information content (AvgIpc) is 3.20. The summed E-state index contributed by atoms with van der Waals surface area (Å²) in [4.78, 5) is 13.8. The first-order valence-electron chi connectivity index (χ1n) is 7.45. The maximum atomic E-state index is 12.3. The number of carbonyl (C=O) groups is 1. The largest absolute Gasteiger partial charge is 0.459 e. The number of likely N-dealkylation sites (tertiary alicyclic amines) is 1. The lowest BCUT2D eigenvalue weighted by atomic mass is 10.3. The molecule has 1 aliphatic rings. The highest BCUT2D eigenvalue weighted by molar-refractivity contribution is 7.90. The average molecular weight is 347 g/mol. The van der Waals surface area contributed by atoms with Crippen LogP contribution in [0.15, 0.2) is 56.4 Å². The van der Waals surface area contributed by atoms with Crippen LogP contribution in [0.2, 0.25) is 0 Å². The molecule has 0 atom stereocenters. The van der Waals surface area contributed by atoms with Crippen LogP contribution in [0.5, 0.6) is 0 Å². The highest BCUT2D eigenvalue weighted by Gasteiger charge is 2.20. The van der Waals surface area contributed by atoms with Crippen LogP contribution in [0.25, 0.3) is 0 Å². The first-order valence-corrected chi connectivity index (χ1v) is 8.89. The van der Waals surface area contributed by atoms with Crippen molar-refractivity contribution in [3.05, 3.63) is 48.4 Å². The van der Waals surface area contributed by atoms with Gasteiger partial charge in [-0.2, -0.15) is 8.42 Å². The van der Waals surface area contributed by atoms with Crippen LogP contribution in [0, 0.1) is 0 Å². The Bertz CT molecular complexity index is 855. The number of nitrogens with one attached hydrogen (secondary N) is 1. The van der Waals surface area contributed by atoms with Crippen molar-refractivity contribution in [1.82, 2.24) is 4.90 Å². The highest BCUT2D eigenvalue weighted by Crippen LogP contribution is 2.19. The minimum absolute atomic E-state index is 0.0892. The van der Waals surface area contributed by atoms with Crippen LogP contribution in [0.4, 0.5) is 5.69 Å². The van der Waals surface area contributed by atoms with Crippen molar-refractivity contribution in [2.45, 2.75) is 17.7 Å². The minimum Gasteiger partial charge on any atom is -0.459 e. The molecule has 1 N–H and O–H groups in total. The summed E-state index contributed by atoms with van der Waals surface area (Å²) in [5.41, 5.74) is 0.473. The summed E-state index contributed by atoms with van der Waals surface area (Å²) in [5.74, 6) is 0.357. The van der Waals surface area contributed by atoms with Gasteiger partial charge in [0.2, 0.25) is 0 Å². The van der Waals surface area contributed by atoms with E-state index in [2.05, 4.69) is 9.71 Å². The zero-order valence-electron chi connectivity index (χ0n) is 13.1. The molecule has 0 bridgehead atoms. The van der Waals surface area contributed by atoms with Gasteiger partial charge >= 0.3 is 0 Å². The standard InChI is InChI=1S/C16H17N3O4S/c1-19-10-2-5-15(19)18-24(21,22)13-8-6-12(7-9-13)17-16(20)14-4-3-11-23-14/h3-4,6-9,11H,2,5,10H2,1H3,(H,17,20)/b18-15-. The molecule has 0 radical (unpaired) electrons. The number of anilines is 1. The summed E-state index contributed by atoms with van der Waals surface area (Å²) in [7, 11) is -1.92. The lowest BCUT2D eigenvalue weighted by molar-refractivity contribution is 0.0996. The summed E-state index contributed by atoms with van der Waals surface area (Å²) in [6, 6.07) is 9.04. The normalized spacial score (nSPS) is 16.5. The van der Waals surface area contributed by atoms with E-state index in [1.807, 2.05) is 11.9 Å². The van der Waals surface area contributed by atoms with Crippen LogP contribution in [-0.4, -0.2) is 38.7 Å². The van der Waals surface area contributed by atoms with Crippen LogP contribution < -0.4 is 5.32 Å². The Kier molecular flexibility index (Phi) is 4.39. The van der Waals surface area contributed by atoms with Gasteiger partial charge in [-0.1, -0.05) is 0 Å². The second-order valence-corrected chi connectivity index (χ2v) is 7.07. The zero-order chi connectivity index (χ0) is 17.2. The molecule has 2 heterocycles. The molecule has 8 heteroatoms. The molecule has 0 aliphatic carbocycles. The van der Waals surface area contributed by atoms with E-state index in [1.165, 1.54) is 30.5 Å². The van der Waals surface area contributed by atoms with E-state index in [-0.39, 0.29) is 10.7 Å². The van der Waals surface area contributed by atoms with Gasteiger partial charge in [-0.3, -0.25) is 4.79 Å². The van der Waals surface area contributed by atoms with Crippen molar-refractivity contribution in [2.24, 2.45) is 4.40 Å². The smallest absolute Gasteiger partial charge is 0.291 e. The summed E-state index contributed by atoms with van der Waals surface area (Å²) in [6.07, 6.45) is 2.97. The van der Waals surface area contributed by atoms with Crippen molar-refractivity contribution in [3.63, 3.8) is 0 Å². The first kappa shape index (κ1) is 16.3. The number of rotatable bonds is 4. The number of amides is 1. The van der Waals surface area contributed by atoms with Gasteiger partial charge in [0, 0.05) is 25.7 Å². The molecule has 1 aromatic heterocycles.